The van der Waals surface area contributed by atoms with Gasteiger partial charge in [0.1, 0.15) is 0 Å². The van der Waals surface area contributed by atoms with Gasteiger partial charge in [-0.25, -0.2) is 4.79 Å². The largest absolute Gasteiger partial charge is 0.371 e. The number of hydrogen-bond acceptors (Lipinski definition) is 4. The second-order valence-corrected chi connectivity index (χ2v) is 7.19. The topological polar surface area (TPSA) is 86.4 Å². The first-order valence-corrected chi connectivity index (χ1v) is 9.70. The van der Waals surface area contributed by atoms with E-state index in [9.17, 15) is 9.59 Å². The number of nitrogens with one attached hydrogen (secondary N) is 3. The highest BCUT2D eigenvalue weighted by Gasteiger charge is 2.20. The third kappa shape index (κ3) is 6.13. The summed E-state index contributed by atoms with van der Waals surface area (Å²) in [5.74, 6) is 0.257. The number of pyridine rings is 1. The highest BCUT2D eigenvalue weighted by Crippen LogP contribution is 2.22. The minimum Gasteiger partial charge on any atom is -0.371 e. The van der Waals surface area contributed by atoms with Crippen LogP contribution in [0.5, 0.6) is 0 Å². The number of carbonyl (C=O) groups excluding carboxylic acids is 2. The van der Waals surface area contributed by atoms with Gasteiger partial charge in [0, 0.05) is 48.4 Å². The first-order chi connectivity index (χ1) is 13.6. The minimum absolute atomic E-state index is 0.0602. The second kappa shape index (κ2) is 9.94. The van der Waals surface area contributed by atoms with Crippen molar-refractivity contribution < 1.29 is 9.59 Å². The quantitative estimate of drug-likeness (QED) is 0.694. The number of benzene rings is 1. The number of anilines is 2. The Bertz CT molecular complexity index is 777. The van der Waals surface area contributed by atoms with Crippen LogP contribution >= 0.6 is 11.6 Å². The van der Waals surface area contributed by atoms with Gasteiger partial charge in [-0.3, -0.25) is 9.78 Å². The maximum absolute atomic E-state index is 12.0. The van der Waals surface area contributed by atoms with Crippen LogP contribution < -0.4 is 20.9 Å². The molecule has 3 N–H and O–H groups in total. The summed E-state index contributed by atoms with van der Waals surface area (Å²) in [7, 11) is 0. The van der Waals surface area contributed by atoms with Crippen LogP contribution in [0.1, 0.15) is 12.8 Å². The summed E-state index contributed by atoms with van der Waals surface area (Å²) in [5.41, 5.74) is 1.80. The maximum Gasteiger partial charge on any atom is 0.319 e. The van der Waals surface area contributed by atoms with E-state index in [0.29, 0.717) is 23.2 Å². The van der Waals surface area contributed by atoms with Gasteiger partial charge in [0.15, 0.2) is 0 Å². The Morgan fingerprint density at radius 1 is 1.04 bits per heavy atom. The first kappa shape index (κ1) is 19.9. The Balaban J connectivity index is 1.31. The molecule has 2 heterocycles. The zero-order valence-corrected chi connectivity index (χ0v) is 16.3. The number of piperidine rings is 1. The highest BCUT2D eigenvalue weighted by atomic mass is 35.5. The van der Waals surface area contributed by atoms with Gasteiger partial charge in [-0.1, -0.05) is 11.6 Å². The van der Waals surface area contributed by atoms with Crippen LogP contribution in [0.15, 0.2) is 48.8 Å². The number of carbonyl (C=O) groups is 2. The maximum atomic E-state index is 12.0. The number of halogens is 1. The summed E-state index contributed by atoms with van der Waals surface area (Å²) in [6.07, 6.45) is 5.65. The van der Waals surface area contributed by atoms with Gasteiger partial charge in [-0.15, -0.1) is 0 Å². The fraction of sp³-hybridized carbons (Fsp3) is 0.350. The molecule has 0 saturated carbocycles. The highest BCUT2D eigenvalue weighted by molar-refractivity contribution is 6.30. The van der Waals surface area contributed by atoms with Gasteiger partial charge < -0.3 is 20.9 Å². The number of hydrogen-bond donors (Lipinski definition) is 3. The summed E-state index contributed by atoms with van der Waals surface area (Å²) in [6.45, 7) is 2.50. The Labute approximate surface area is 169 Å². The third-order valence-electron chi connectivity index (χ3n) is 4.74. The molecule has 1 fully saturated rings. The molecule has 1 aromatic heterocycles. The molecule has 0 bridgehead atoms. The lowest BCUT2D eigenvalue weighted by Gasteiger charge is -2.33. The van der Waals surface area contributed by atoms with Crippen molar-refractivity contribution in [1.82, 2.24) is 15.6 Å². The number of rotatable bonds is 6. The average Bonchev–Trinajstić information content (AvgIpc) is 2.73. The van der Waals surface area contributed by atoms with Gasteiger partial charge in [-0.05, 0) is 55.2 Å². The van der Waals surface area contributed by atoms with Crippen LogP contribution in [0.4, 0.5) is 16.2 Å². The van der Waals surface area contributed by atoms with Crippen molar-refractivity contribution >= 4 is 34.9 Å². The molecule has 1 aromatic carbocycles. The Morgan fingerprint density at radius 2 is 1.71 bits per heavy atom. The van der Waals surface area contributed by atoms with E-state index in [-0.39, 0.29) is 12.5 Å². The monoisotopic (exact) mass is 401 g/mol. The van der Waals surface area contributed by atoms with Gasteiger partial charge in [-0.2, -0.15) is 0 Å². The van der Waals surface area contributed by atoms with E-state index in [1.54, 1.807) is 36.7 Å². The SMILES string of the molecule is O=C(CNC(=O)Nc1ccc(Cl)cc1)NCC1CCN(c2ccncc2)CC1. The van der Waals surface area contributed by atoms with E-state index in [1.807, 2.05) is 12.1 Å². The van der Waals surface area contributed by atoms with Crippen LogP contribution in [0.2, 0.25) is 5.02 Å². The molecule has 3 amide bonds. The normalized spacial score (nSPS) is 14.4. The van der Waals surface area contributed by atoms with Gasteiger partial charge in [0.2, 0.25) is 5.91 Å². The van der Waals surface area contributed by atoms with Crippen LogP contribution in [-0.4, -0.2) is 43.1 Å². The molecule has 1 aliphatic heterocycles. The zero-order valence-electron chi connectivity index (χ0n) is 15.5. The predicted octanol–water partition coefficient (Wildman–Crippen LogP) is 2.89. The lowest BCUT2D eigenvalue weighted by molar-refractivity contribution is -0.120. The Kier molecular flexibility index (Phi) is 7.08. The molecule has 0 radical (unpaired) electrons. The first-order valence-electron chi connectivity index (χ1n) is 9.32. The van der Waals surface area contributed by atoms with Crippen LogP contribution in [0.25, 0.3) is 0 Å². The number of nitrogens with zero attached hydrogens (tertiary/aromatic N) is 2. The van der Waals surface area contributed by atoms with Gasteiger partial charge in [0.25, 0.3) is 0 Å². The number of aromatic nitrogens is 1. The molecule has 3 rings (SSSR count). The fourth-order valence-electron chi connectivity index (χ4n) is 3.14. The van der Waals surface area contributed by atoms with E-state index < -0.39 is 6.03 Å². The van der Waals surface area contributed by atoms with E-state index in [0.717, 1.165) is 25.9 Å². The zero-order chi connectivity index (χ0) is 19.8. The molecule has 0 spiro atoms. The van der Waals surface area contributed by atoms with E-state index in [4.69, 9.17) is 11.6 Å². The van der Waals surface area contributed by atoms with Crippen molar-refractivity contribution in [3.05, 3.63) is 53.8 Å². The molecular weight excluding hydrogens is 378 g/mol. The van der Waals surface area contributed by atoms with Gasteiger partial charge >= 0.3 is 6.03 Å². The summed E-state index contributed by atoms with van der Waals surface area (Å²) >= 11 is 5.80. The number of amides is 3. The smallest absolute Gasteiger partial charge is 0.319 e. The molecular formula is C20H24ClN5O2. The molecule has 1 saturated heterocycles. The Morgan fingerprint density at radius 3 is 2.39 bits per heavy atom. The van der Waals surface area contributed by atoms with Crippen molar-refractivity contribution in [2.24, 2.45) is 5.92 Å². The summed E-state index contributed by atoms with van der Waals surface area (Å²) < 4.78 is 0. The summed E-state index contributed by atoms with van der Waals surface area (Å²) in [6, 6.07) is 10.4. The molecule has 1 aliphatic rings. The van der Waals surface area contributed by atoms with Crippen molar-refractivity contribution in [2.75, 3.05) is 36.4 Å². The van der Waals surface area contributed by atoms with E-state index in [1.165, 1.54) is 5.69 Å². The molecule has 0 atom stereocenters. The lowest BCUT2D eigenvalue weighted by atomic mass is 9.96. The van der Waals surface area contributed by atoms with Crippen LogP contribution in [0.3, 0.4) is 0 Å². The Hall–Kier alpha value is -2.80. The fourth-order valence-corrected chi connectivity index (χ4v) is 3.27. The number of urea groups is 1. The van der Waals surface area contributed by atoms with E-state index in [2.05, 4.69) is 25.8 Å². The van der Waals surface area contributed by atoms with Crippen LogP contribution in [0, 0.1) is 5.92 Å². The summed E-state index contributed by atoms with van der Waals surface area (Å²) in [4.78, 5) is 30.2. The lowest BCUT2D eigenvalue weighted by Crippen LogP contribution is -2.42. The molecule has 0 aliphatic carbocycles. The standard InChI is InChI=1S/C20H24ClN5O2/c21-16-1-3-17(4-2-16)25-20(28)24-14-19(27)23-13-15-7-11-26(12-8-15)18-5-9-22-10-6-18/h1-6,9-10,15H,7-8,11-14H2,(H,23,27)(H2,24,25,28). The average molecular weight is 402 g/mol. The third-order valence-corrected chi connectivity index (χ3v) is 4.99. The van der Waals surface area contributed by atoms with Crippen LogP contribution in [-0.2, 0) is 4.79 Å². The predicted molar refractivity (Wildman–Crippen MR) is 111 cm³/mol. The van der Waals surface area contributed by atoms with Crippen molar-refractivity contribution in [3.8, 4) is 0 Å². The van der Waals surface area contributed by atoms with Crippen molar-refractivity contribution in [2.45, 2.75) is 12.8 Å². The molecule has 28 heavy (non-hydrogen) atoms. The van der Waals surface area contributed by atoms with Gasteiger partial charge in [0.05, 0.1) is 6.54 Å². The molecule has 2 aromatic rings. The second-order valence-electron chi connectivity index (χ2n) is 6.75. The van der Waals surface area contributed by atoms with Crippen molar-refractivity contribution in [3.63, 3.8) is 0 Å². The molecule has 148 valence electrons. The van der Waals surface area contributed by atoms with E-state index >= 15 is 0 Å². The molecule has 0 unspecified atom stereocenters. The van der Waals surface area contributed by atoms with Crippen molar-refractivity contribution in [1.29, 1.82) is 0 Å². The minimum atomic E-state index is -0.428. The molecule has 8 heteroatoms. The molecule has 7 nitrogen and oxygen atoms in total. The summed E-state index contributed by atoms with van der Waals surface area (Å²) in [5, 5.41) is 8.71.